The molecule has 106 valence electrons. The van der Waals surface area contributed by atoms with Gasteiger partial charge in [0.15, 0.2) is 0 Å². The van der Waals surface area contributed by atoms with Crippen LogP contribution in [0.1, 0.15) is 39.0 Å². The van der Waals surface area contributed by atoms with E-state index in [0.29, 0.717) is 11.7 Å². The largest absolute Gasteiger partial charge is 1.00 e. The van der Waals surface area contributed by atoms with E-state index in [2.05, 4.69) is 6.92 Å². The Hall–Kier alpha value is 0.511. The topological polar surface area (TPSA) is 9.23 Å². The Morgan fingerprint density at radius 2 is 1.80 bits per heavy atom. The molecule has 1 aliphatic rings. The molecule has 1 nitrogen and oxygen atoms in total. The van der Waals surface area contributed by atoms with E-state index in [-0.39, 0.29) is 57.5 Å². The molecule has 0 saturated heterocycles. The molecule has 0 N–H and O–H groups in total. The molecule has 2 unspecified atom stereocenters. The zero-order chi connectivity index (χ0) is 13.9. The average Bonchev–Trinajstić information content (AvgIpc) is 2.38. The number of benzene rings is 1. The Balaban J connectivity index is 0.00000200. The fraction of sp³-hybridized carbons (Fsp3) is 0.571. The van der Waals surface area contributed by atoms with Crippen LogP contribution in [0, 0.1) is 5.92 Å². The van der Waals surface area contributed by atoms with Crippen molar-refractivity contribution in [2.24, 2.45) is 5.92 Å². The van der Waals surface area contributed by atoms with Gasteiger partial charge in [0, 0.05) is 0 Å². The van der Waals surface area contributed by atoms with Crippen molar-refractivity contribution in [3.8, 4) is 5.75 Å². The van der Waals surface area contributed by atoms with Crippen LogP contribution in [0.5, 0.6) is 5.75 Å². The van der Waals surface area contributed by atoms with E-state index < -0.39 is 12.4 Å². The van der Waals surface area contributed by atoms with Crippen LogP contribution < -0.4 is 61.6 Å². The second-order valence-electron chi connectivity index (χ2n) is 5.32. The molecule has 20 heavy (non-hydrogen) atoms. The summed E-state index contributed by atoms with van der Waals surface area (Å²) in [4.78, 5) is 0. The van der Waals surface area contributed by atoms with E-state index in [1.165, 1.54) is 18.6 Å². The van der Waals surface area contributed by atoms with Gasteiger partial charge in [-0.1, -0.05) is 31.9 Å². The van der Waals surface area contributed by atoms with Gasteiger partial charge in [0.2, 0.25) is 0 Å². The van der Waals surface area contributed by atoms with Crippen LogP contribution in [0.3, 0.4) is 0 Å². The summed E-state index contributed by atoms with van der Waals surface area (Å²) in [7, 11) is 0. The fourth-order valence-electron chi connectivity index (χ4n) is 2.68. The third-order valence-corrected chi connectivity index (χ3v) is 3.87. The summed E-state index contributed by atoms with van der Waals surface area (Å²) in [6, 6.07) is 5.07. The first-order valence-corrected chi connectivity index (χ1v) is 6.95. The molecule has 6 heteroatoms. The minimum atomic E-state index is -4.91. The molecule has 1 fully saturated rings. The molecular formula is C14H19BF3KO. The van der Waals surface area contributed by atoms with E-state index in [0.717, 1.165) is 37.8 Å². The first kappa shape index (κ1) is 18.6. The third kappa shape index (κ3) is 5.37. The quantitative estimate of drug-likeness (QED) is 0.757. The number of halogens is 3. The summed E-state index contributed by atoms with van der Waals surface area (Å²) >= 11 is 0. The van der Waals surface area contributed by atoms with E-state index in [1.807, 2.05) is 0 Å². The second-order valence-corrected chi connectivity index (χ2v) is 5.32. The summed E-state index contributed by atoms with van der Waals surface area (Å²) < 4.78 is 43.3. The van der Waals surface area contributed by atoms with Gasteiger partial charge < -0.3 is 17.7 Å². The Labute approximate surface area is 161 Å². The van der Waals surface area contributed by atoms with Gasteiger partial charge in [-0.15, -0.1) is 5.46 Å². The first-order chi connectivity index (χ1) is 8.99. The number of ether oxygens (including phenoxy) is 1. The minimum absolute atomic E-state index is 0. The van der Waals surface area contributed by atoms with Crippen molar-refractivity contribution >= 4 is 12.4 Å². The number of hydrogen-bond donors (Lipinski definition) is 0. The second kappa shape index (κ2) is 8.22. The maximum atomic E-state index is 12.5. The maximum absolute atomic E-state index is 12.5. The Morgan fingerprint density at radius 1 is 1.15 bits per heavy atom. The SMILES string of the molecule is CCC1CCCC(Oc2ccc([B-](F)(F)F)cc2)C1.[K+]. The molecule has 0 aromatic heterocycles. The molecule has 0 heterocycles. The van der Waals surface area contributed by atoms with Crippen molar-refractivity contribution < 1.29 is 69.1 Å². The van der Waals surface area contributed by atoms with Gasteiger partial charge in [-0.05, 0) is 37.3 Å². The van der Waals surface area contributed by atoms with Gasteiger partial charge in [-0.2, -0.15) is 0 Å². The predicted octanol–water partition coefficient (Wildman–Crippen LogP) is 1.09. The Bertz CT molecular complexity index is 408. The summed E-state index contributed by atoms with van der Waals surface area (Å²) in [5.74, 6) is 1.24. The average molecular weight is 310 g/mol. The van der Waals surface area contributed by atoms with Crippen molar-refractivity contribution in [1.82, 2.24) is 0 Å². The van der Waals surface area contributed by atoms with Gasteiger partial charge in [0.05, 0.1) is 6.10 Å². The normalized spacial score (nSPS) is 23.0. The molecule has 0 aliphatic heterocycles. The van der Waals surface area contributed by atoms with E-state index in [9.17, 15) is 12.9 Å². The molecule has 2 rings (SSSR count). The van der Waals surface area contributed by atoms with Gasteiger partial charge >= 0.3 is 58.4 Å². The van der Waals surface area contributed by atoms with Crippen LogP contribution in [-0.4, -0.2) is 13.1 Å². The van der Waals surface area contributed by atoms with Crippen LogP contribution in [0.2, 0.25) is 0 Å². The maximum Gasteiger partial charge on any atom is 1.00 e. The molecule has 0 radical (unpaired) electrons. The first-order valence-electron chi connectivity index (χ1n) is 6.95. The molecule has 0 bridgehead atoms. The van der Waals surface area contributed by atoms with Crippen LogP contribution in [0.4, 0.5) is 12.9 Å². The van der Waals surface area contributed by atoms with Gasteiger partial charge in [0.1, 0.15) is 5.75 Å². The standard InChI is InChI=1S/C14H19BF3O.K/c1-2-11-4-3-5-14(10-11)19-13-8-6-12(7-9-13)15(16,17)18;/h6-9,11,14H,2-5,10H2,1H3;/q-1;+1. The fourth-order valence-corrected chi connectivity index (χ4v) is 2.68. The third-order valence-electron chi connectivity index (χ3n) is 3.87. The summed E-state index contributed by atoms with van der Waals surface area (Å²) in [6.45, 7) is -2.74. The smallest absolute Gasteiger partial charge is 0.490 e. The van der Waals surface area contributed by atoms with Gasteiger partial charge in [-0.3, -0.25) is 0 Å². The van der Waals surface area contributed by atoms with Crippen LogP contribution in [0.25, 0.3) is 0 Å². The molecule has 1 saturated carbocycles. The molecule has 1 aromatic rings. The van der Waals surface area contributed by atoms with E-state index in [1.54, 1.807) is 0 Å². The minimum Gasteiger partial charge on any atom is -0.490 e. The molecular weight excluding hydrogens is 291 g/mol. The summed E-state index contributed by atoms with van der Waals surface area (Å²) in [5.41, 5.74) is -0.567. The number of hydrogen-bond acceptors (Lipinski definition) is 1. The van der Waals surface area contributed by atoms with Crippen molar-refractivity contribution in [1.29, 1.82) is 0 Å². The molecule has 0 spiro atoms. The van der Waals surface area contributed by atoms with Crippen molar-refractivity contribution in [3.05, 3.63) is 24.3 Å². The van der Waals surface area contributed by atoms with E-state index in [4.69, 9.17) is 4.74 Å². The summed E-state index contributed by atoms with van der Waals surface area (Å²) in [6.07, 6.45) is 5.71. The van der Waals surface area contributed by atoms with Crippen LogP contribution in [-0.2, 0) is 0 Å². The number of rotatable bonds is 4. The summed E-state index contributed by atoms with van der Waals surface area (Å²) in [5, 5.41) is 0. The zero-order valence-corrected chi connectivity index (χ0v) is 15.2. The van der Waals surface area contributed by atoms with Crippen LogP contribution >= 0.6 is 0 Å². The van der Waals surface area contributed by atoms with Crippen molar-refractivity contribution in [2.45, 2.75) is 45.1 Å². The Morgan fingerprint density at radius 3 is 2.35 bits per heavy atom. The molecule has 0 amide bonds. The van der Waals surface area contributed by atoms with Crippen molar-refractivity contribution in [2.75, 3.05) is 0 Å². The van der Waals surface area contributed by atoms with Gasteiger partial charge in [0.25, 0.3) is 0 Å². The van der Waals surface area contributed by atoms with Crippen molar-refractivity contribution in [3.63, 3.8) is 0 Å². The molecule has 2 atom stereocenters. The van der Waals surface area contributed by atoms with Crippen LogP contribution in [0.15, 0.2) is 24.3 Å². The monoisotopic (exact) mass is 310 g/mol. The predicted molar refractivity (Wildman–Crippen MR) is 71.8 cm³/mol. The zero-order valence-electron chi connectivity index (χ0n) is 12.1. The van der Waals surface area contributed by atoms with E-state index >= 15 is 0 Å². The Kier molecular flexibility index (Phi) is 7.63. The van der Waals surface area contributed by atoms with Gasteiger partial charge in [-0.25, -0.2) is 0 Å². The molecule has 1 aromatic carbocycles. The molecule has 1 aliphatic carbocycles.